The van der Waals surface area contributed by atoms with E-state index in [-0.39, 0.29) is 18.4 Å². The molecule has 0 saturated carbocycles. The van der Waals surface area contributed by atoms with Crippen LogP contribution in [0.1, 0.15) is 24.1 Å². The Hall–Kier alpha value is -1.91. The van der Waals surface area contributed by atoms with Crippen LogP contribution in [0.15, 0.2) is 36.4 Å². The van der Waals surface area contributed by atoms with Crippen LogP contribution in [0.25, 0.3) is 0 Å². The van der Waals surface area contributed by atoms with Crippen molar-refractivity contribution in [1.29, 1.82) is 0 Å². The molecule has 0 spiro atoms. The average Bonchev–Trinajstić information content (AvgIpc) is 2.56. The Bertz CT molecular complexity index is 734. The van der Waals surface area contributed by atoms with Crippen LogP contribution < -0.4 is 14.8 Å². The van der Waals surface area contributed by atoms with Crippen LogP contribution in [-0.4, -0.2) is 20.1 Å². The van der Waals surface area contributed by atoms with E-state index in [0.29, 0.717) is 21.5 Å². The van der Waals surface area contributed by atoms with Gasteiger partial charge < -0.3 is 14.8 Å². The van der Waals surface area contributed by atoms with Crippen molar-refractivity contribution in [3.05, 3.63) is 57.6 Å². The summed E-state index contributed by atoms with van der Waals surface area (Å²) in [5.74, 6) is 1.25. The predicted molar refractivity (Wildman–Crippen MR) is 96.3 cm³/mol. The van der Waals surface area contributed by atoms with E-state index < -0.39 is 0 Å². The highest BCUT2D eigenvalue weighted by Crippen LogP contribution is 2.29. The van der Waals surface area contributed by atoms with E-state index in [1.807, 2.05) is 25.1 Å². The maximum Gasteiger partial charge on any atom is 0.224 e. The van der Waals surface area contributed by atoms with Gasteiger partial charge in [0.15, 0.2) is 0 Å². The van der Waals surface area contributed by atoms with Crippen molar-refractivity contribution in [2.24, 2.45) is 0 Å². The van der Waals surface area contributed by atoms with Gasteiger partial charge in [0, 0.05) is 15.6 Å². The zero-order valence-electron chi connectivity index (χ0n) is 13.7. The summed E-state index contributed by atoms with van der Waals surface area (Å²) in [7, 11) is 3.19. The Morgan fingerprint density at radius 2 is 1.88 bits per heavy atom. The minimum Gasteiger partial charge on any atom is -0.497 e. The number of hydrogen-bond donors (Lipinski definition) is 1. The molecule has 0 saturated heterocycles. The number of methoxy groups -OCH3 is 2. The first-order valence-corrected chi connectivity index (χ1v) is 8.15. The third-order valence-electron chi connectivity index (χ3n) is 3.65. The third kappa shape index (κ3) is 4.56. The van der Waals surface area contributed by atoms with Gasteiger partial charge in [0.1, 0.15) is 11.5 Å². The molecule has 0 unspecified atom stereocenters. The highest BCUT2D eigenvalue weighted by Gasteiger charge is 2.16. The molecule has 2 aromatic carbocycles. The van der Waals surface area contributed by atoms with Crippen LogP contribution in [0, 0.1) is 0 Å². The number of ether oxygens (including phenoxy) is 2. The smallest absolute Gasteiger partial charge is 0.224 e. The van der Waals surface area contributed by atoms with Crippen molar-refractivity contribution in [3.8, 4) is 11.5 Å². The molecule has 2 aromatic rings. The Morgan fingerprint density at radius 1 is 1.12 bits per heavy atom. The maximum absolute atomic E-state index is 12.3. The van der Waals surface area contributed by atoms with E-state index in [1.54, 1.807) is 32.4 Å². The summed E-state index contributed by atoms with van der Waals surface area (Å²) in [6.45, 7) is 1.89. The summed E-state index contributed by atoms with van der Waals surface area (Å²) in [5, 5.41) is 3.96. The van der Waals surface area contributed by atoms with Gasteiger partial charge in [0.05, 0.1) is 26.7 Å². The maximum atomic E-state index is 12.3. The summed E-state index contributed by atoms with van der Waals surface area (Å²) in [6, 6.07) is 10.3. The van der Waals surface area contributed by atoms with Crippen molar-refractivity contribution < 1.29 is 14.3 Å². The fourth-order valence-electron chi connectivity index (χ4n) is 2.39. The topological polar surface area (TPSA) is 47.6 Å². The number of benzene rings is 2. The summed E-state index contributed by atoms with van der Waals surface area (Å²) in [6.07, 6.45) is 0.173. The Kier molecular flexibility index (Phi) is 6.35. The molecule has 0 aliphatic rings. The Balaban J connectivity index is 2.11. The molecule has 1 N–H and O–H groups in total. The van der Waals surface area contributed by atoms with Crippen LogP contribution in [-0.2, 0) is 11.2 Å². The third-order valence-corrected chi connectivity index (χ3v) is 4.23. The van der Waals surface area contributed by atoms with Gasteiger partial charge in [-0.05, 0) is 42.8 Å². The summed E-state index contributed by atoms with van der Waals surface area (Å²) < 4.78 is 10.6. The van der Waals surface area contributed by atoms with Crippen LogP contribution in [0.4, 0.5) is 0 Å². The van der Waals surface area contributed by atoms with Crippen molar-refractivity contribution in [3.63, 3.8) is 0 Å². The second-order valence-electron chi connectivity index (χ2n) is 5.31. The quantitative estimate of drug-likeness (QED) is 0.821. The minimum absolute atomic E-state index is 0.142. The SMILES string of the molecule is COc1ccc(OC)c([C@H](C)NC(=O)Cc2ccc(Cl)cc2Cl)c1. The molecule has 1 atom stereocenters. The molecule has 0 radical (unpaired) electrons. The number of amides is 1. The average molecular weight is 368 g/mol. The second kappa shape index (κ2) is 8.27. The number of nitrogens with one attached hydrogen (secondary N) is 1. The van der Waals surface area contributed by atoms with Crippen molar-refractivity contribution in [2.45, 2.75) is 19.4 Å². The Labute approximate surface area is 151 Å². The zero-order chi connectivity index (χ0) is 17.7. The molecule has 6 heteroatoms. The van der Waals surface area contributed by atoms with Gasteiger partial charge in [-0.15, -0.1) is 0 Å². The van der Waals surface area contributed by atoms with Gasteiger partial charge in [-0.1, -0.05) is 29.3 Å². The van der Waals surface area contributed by atoms with Gasteiger partial charge in [-0.25, -0.2) is 0 Å². The van der Waals surface area contributed by atoms with E-state index in [4.69, 9.17) is 32.7 Å². The van der Waals surface area contributed by atoms with Gasteiger partial charge in [0.25, 0.3) is 0 Å². The molecule has 4 nitrogen and oxygen atoms in total. The van der Waals surface area contributed by atoms with Gasteiger partial charge in [-0.2, -0.15) is 0 Å². The lowest BCUT2D eigenvalue weighted by atomic mass is 10.1. The number of carbonyl (C=O) groups is 1. The monoisotopic (exact) mass is 367 g/mol. The molecular weight excluding hydrogens is 349 g/mol. The highest BCUT2D eigenvalue weighted by atomic mass is 35.5. The van der Waals surface area contributed by atoms with E-state index in [2.05, 4.69) is 5.32 Å². The normalized spacial score (nSPS) is 11.7. The second-order valence-corrected chi connectivity index (χ2v) is 6.15. The molecule has 0 aliphatic heterocycles. The molecule has 0 aliphatic carbocycles. The van der Waals surface area contributed by atoms with Crippen LogP contribution in [0.3, 0.4) is 0 Å². The van der Waals surface area contributed by atoms with Crippen LogP contribution in [0.2, 0.25) is 10.0 Å². The first kappa shape index (κ1) is 18.4. The minimum atomic E-state index is -0.242. The standard InChI is InChI=1S/C18H19Cl2NO3/c1-11(15-10-14(23-2)6-7-17(15)24-3)21-18(22)8-12-4-5-13(19)9-16(12)20/h4-7,9-11H,8H2,1-3H3,(H,21,22)/t11-/m0/s1. The van der Waals surface area contributed by atoms with Crippen molar-refractivity contribution in [1.82, 2.24) is 5.32 Å². The van der Waals surface area contributed by atoms with Crippen LogP contribution >= 0.6 is 23.2 Å². The van der Waals surface area contributed by atoms with E-state index in [9.17, 15) is 4.79 Å². The number of halogens is 2. The zero-order valence-corrected chi connectivity index (χ0v) is 15.2. The molecule has 24 heavy (non-hydrogen) atoms. The lowest BCUT2D eigenvalue weighted by Crippen LogP contribution is -2.28. The highest BCUT2D eigenvalue weighted by molar-refractivity contribution is 6.35. The summed E-state index contributed by atoms with van der Waals surface area (Å²) in [5.41, 5.74) is 1.57. The van der Waals surface area contributed by atoms with Crippen molar-refractivity contribution >= 4 is 29.1 Å². The first-order chi connectivity index (χ1) is 11.4. The number of carbonyl (C=O) groups excluding carboxylic acids is 1. The van der Waals surface area contributed by atoms with E-state index in [0.717, 1.165) is 11.1 Å². The molecule has 0 aromatic heterocycles. The largest absolute Gasteiger partial charge is 0.497 e. The lowest BCUT2D eigenvalue weighted by molar-refractivity contribution is -0.121. The molecular formula is C18H19Cl2NO3. The van der Waals surface area contributed by atoms with Gasteiger partial charge in [0.2, 0.25) is 5.91 Å². The molecule has 2 rings (SSSR count). The number of rotatable bonds is 6. The molecule has 0 bridgehead atoms. The summed E-state index contributed by atoms with van der Waals surface area (Å²) >= 11 is 12.0. The van der Waals surface area contributed by atoms with E-state index >= 15 is 0 Å². The van der Waals surface area contributed by atoms with Crippen LogP contribution in [0.5, 0.6) is 11.5 Å². The fourth-order valence-corrected chi connectivity index (χ4v) is 2.86. The molecule has 0 heterocycles. The first-order valence-electron chi connectivity index (χ1n) is 7.39. The molecule has 128 valence electrons. The Morgan fingerprint density at radius 3 is 2.50 bits per heavy atom. The lowest BCUT2D eigenvalue weighted by Gasteiger charge is -2.18. The molecule has 1 amide bonds. The van der Waals surface area contributed by atoms with Gasteiger partial charge in [-0.3, -0.25) is 4.79 Å². The van der Waals surface area contributed by atoms with Crippen molar-refractivity contribution in [2.75, 3.05) is 14.2 Å². The summed E-state index contributed by atoms with van der Waals surface area (Å²) in [4.78, 5) is 12.3. The fraction of sp³-hybridized carbons (Fsp3) is 0.278. The van der Waals surface area contributed by atoms with Gasteiger partial charge >= 0.3 is 0 Å². The van der Waals surface area contributed by atoms with E-state index in [1.165, 1.54) is 0 Å². The molecule has 0 fully saturated rings. The number of hydrogen-bond acceptors (Lipinski definition) is 3. The predicted octanol–water partition coefficient (Wildman–Crippen LogP) is 4.43.